The fourth-order valence-corrected chi connectivity index (χ4v) is 2.78. The number of amides is 1. The number of Topliss-reactive ketones (excluding diaryl/α,β-unsaturated/α-hetero) is 1. The van der Waals surface area contributed by atoms with Gasteiger partial charge in [-0.3, -0.25) is 19.4 Å². The van der Waals surface area contributed by atoms with Crippen molar-refractivity contribution in [2.45, 2.75) is 13.0 Å². The number of ketones is 1. The molecule has 1 atom stereocenters. The second-order valence-electron chi connectivity index (χ2n) is 5.91. The Bertz CT molecular complexity index is 925. The minimum absolute atomic E-state index is 0.0112. The van der Waals surface area contributed by atoms with Crippen LogP contribution in [0.15, 0.2) is 23.0 Å². The van der Waals surface area contributed by atoms with Crippen molar-refractivity contribution in [2.75, 3.05) is 34.4 Å². The molecule has 0 saturated heterocycles. The molecule has 26 heavy (non-hydrogen) atoms. The van der Waals surface area contributed by atoms with Gasteiger partial charge in [-0.1, -0.05) is 0 Å². The van der Waals surface area contributed by atoms with Gasteiger partial charge in [-0.2, -0.15) is 4.98 Å². The number of nitrogen functional groups attached to an aromatic ring is 1. The third-order valence-electron chi connectivity index (χ3n) is 4.04. The van der Waals surface area contributed by atoms with Crippen molar-refractivity contribution in [1.82, 2.24) is 9.97 Å². The molecule has 0 aliphatic carbocycles. The molecule has 0 bridgehead atoms. The van der Waals surface area contributed by atoms with Gasteiger partial charge in [0, 0.05) is 24.8 Å². The van der Waals surface area contributed by atoms with E-state index in [1.54, 1.807) is 6.07 Å². The molecule has 1 aliphatic rings. The molecule has 10 heteroatoms. The lowest BCUT2D eigenvalue weighted by atomic mass is 10.1. The summed E-state index contributed by atoms with van der Waals surface area (Å²) in [5.41, 5.74) is 5.95. The van der Waals surface area contributed by atoms with Gasteiger partial charge in [0.25, 0.3) is 5.56 Å². The normalized spacial score (nSPS) is 15.3. The van der Waals surface area contributed by atoms with E-state index in [0.717, 1.165) is 0 Å². The highest BCUT2D eigenvalue weighted by molar-refractivity contribution is 5.97. The number of benzene rings is 1. The van der Waals surface area contributed by atoms with Gasteiger partial charge in [-0.05, 0) is 19.1 Å². The SMILES string of the molecule is CC(=O)c1ccc(N(C=O)CC2CNc3nc(N)[nH]c(=O)c3N2)cc1O. The molecule has 1 aromatic heterocycles. The summed E-state index contributed by atoms with van der Waals surface area (Å²) in [6.07, 6.45) is 0.616. The number of rotatable bonds is 5. The van der Waals surface area contributed by atoms with E-state index < -0.39 is 5.56 Å². The van der Waals surface area contributed by atoms with Crippen LogP contribution >= 0.6 is 0 Å². The molecule has 0 fully saturated rings. The van der Waals surface area contributed by atoms with E-state index >= 15 is 0 Å². The summed E-state index contributed by atoms with van der Waals surface area (Å²) >= 11 is 0. The second-order valence-corrected chi connectivity index (χ2v) is 5.91. The summed E-state index contributed by atoms with van der Waals surface area (Å²) in [4.78, 5) is 42.6. The van der Waals surface area contributed by atoms with Crippen LogP contribution in [0.2, 0.25) is 0 Å². The predicted octanol–water partition coefficient (Wildman–Crippen LogP) is 0.129. The molecule has 3 rings (SSSR count). The predicted molar refractivity (Wildman–Crippen MR) is 96.7 cm³/mol. The van der Waals surface area contributed by atoms with Crippen LogP contribution in [0.4, 0.5) is 23.1 Å². The summed E-state index contributed by atoms with van der Waals surface area (Å²) in [5.74, 6) is -0.105. The van der Waals surface area contributed by atoms with Crippen molar-refractivity contribution in [3.63, 3.8) is 0 Å². The number of H-pyrrole nitrogens is 1. The number of nitrogens with two attached hydrogens (primary N) is 1. The number of aromatic amines is 1. The summed E-state index contributed by atoms with van der Waals surface area (Å²) in [5, 5.41) is 16.0. The second kappa shape index (κ2) is 6.75. The van der Waals surface area contributed by atoms with Gasteiger partial charge in [0.1, 0.15) is 11.4 Å². The van der Waals surface area contributed by atoms with Crippen molar-refractivity contribution < 1.29 is 14.7 Å². The highest BCUT2D eigenvalue weighted by Crippen LogP contribution is 2.26. The lowest BCUT2D eigenvalue weighted by Gasteiger charge is -2.30. The lowest BCUT2D eigenvalue weighted by Crippen LogP contribution is -2.44. The molecule has 6 N–H and O–H groups in total. The third-order valence-corrected chi connectivity index (χ3v) is 4.04. The lowest BCUT2D eigenvalue weighted by molar-refractivity contribution is -0.107. The Morgan fingerprint density at radius 2 is 2.27 bits per heavy atom. The number of carbonyl (C=O) groups excluding carboxylic acids is 2. The number of phenolic OH excluding ortho intramolecular Hbond substituents is 1. The van der Waals surface area contributed by atoms with Gasteiger partial charge < -0.3 is 26.4 Å². The molecule has 136 valence electrons. The van der Waals surface area contributed by atoms with Crippen molar-refractivity contribution in [2.24, 2.45) is 0 Å². The van der Waals surface area contributed by atoms with Crippen LogP contribution in [-0.4, -0.2) is 46.4 Å². The van der Waals surface area contributed by atoms with Gasteiger partial charge in [0.15, 0.2) is 11.6 Å². The summed E-state index contributed by atoms with van der Waals surface area (Å²) in [6.45, 7) is 1.98. The number of hydrogen-bond acceptors (Lipinski definition) is 8. The molecular weight excluding hydrogens is 340 g/mol. The fraction of sp³-hybridized carbons (Fsp3) is 0.250. The van der Waals surface area contributed by atoms with Gasteiger partial charge in [0.05, 0.1) is 11.6 Å². The Hall–Kier alpha value is -3.56. The quantitative estimate of drug-likeness (QED) is 0.373. The molecule has 0 radical (unpaired) electrons. The van der Waals surface area contributed by atoms with Gasteiger partial charge in [-0.25, -0.2) is 0 Å². The number of phenols is 1. The maximum atomic E-state index is 12.0. The first-order chi connectivity index (χ1) is 12.4. The Labute approximate surface area is 148 Å². The monoisotopic (exact) mass is 358 g/mol. The minimum Gasteiger partial charge on any atom is -0.507 e. The highest BCUT2D eigenvalue weighted by atomic mass is 16.3. The van der Waals surface area contributed by atoms with E-state index in [2.05, 4.69) is 20.6 Å². The van der Waals surface area contributed by atoms with Crippen molar-refractivity contribution in [1.29, 1.82) is 0 Å². The summed E-state index contributed by atoms with van der Waals surface area (Å²) in [6, 6.07) is 4.10. The average Bonchev–Trinajstić information content (AvgIpc) is 2.59. The Balaban J connectivity index is 1.79. The van der Waals surface area contributed by atoms with E-state index in [1.165, 1.54) is 24.0 Å². The van der Waals surface area contributed by atoms with E-state index in [4.69, 9.17) is 5.73 Å². The summed E-state index contributed by atoms with van der Waals surface area (Å²) in [7, 11) is 0. The first-order valence-corrected chi connectivity index (χ1v) is 7.85. The van der Waals surface area contributed by atoms with Gasteiger partial charge >= 0.3 is 0 Å². The molecular formula is C16H18N6O4. The number of hydrogen-bond donors (Lipinski definition) is 5. The maximum absolute atomic E-state index is 12.0. The molecule has 2 heterocycles. The van der Waals surface area contributed by atoms with Crippen LogP contribution in [-0.2, 0) is 4.79 Å². The van der Waals surface area contributed by atoms with Crippen LogP contribution < -0.4 is 26.8 Å². The molecule has 0 spiro atoms. The van der Waals surface area contributed by atoms with Crippen LogP contribution in [0.3, 0.4) is 0 Å². The van der Waals surface area contributed by atoms with E-state index in [9.17, 15) is 19.5 Å². The summed E-state index contributed by atoms with van der Waals surface area (Å²) < 4.78 is 0. The standard InChI is InChI=1S/C16H18N6O4/c1-8(24)11-3-2-10(4-12(11)25)22(7-23)6-9-5-18-14-13(19-9)15(26)21-16(17)20-14/h2-4,7,9,19,25H,5-6H2,1H3,(H4,17,18,20,21,26). The van der Waals surface area contributed by atoms with Crippen LogP contribution in [0.25, 0.3) is 0 Å². The first kappa shape index (κ1) is 17.3. The third kappa shape index (κ3) is 3.29. The molecule has 1 aliphatic heterocycles. The molecule has 1 unspecified atom stereocenters. The van der Waals surface area contributed by atoms with Crippen molar-refractivity contribution >= 4 is 35.3 Å². The zero-order chi connectivity index (χ0) is 18.8. The van der Waals surface area contributed by atoms with Gasteiger partial charge in [-0.15, -0.1) is 0 Å². The van der Waals surface area contributed by atoms with E-state index in [1.807, 2.05) is 0 Å². The Morgan fingerprint density at radius 1 is 1.50 bits per heavy atom. The molecule has 1 aromatic carbocycles. The number of fused-ring (bicyclic) bond motifs is 1. The van der Waals surface area contributed by atoms with Crippen LogP contribution in [0, 0.1) is 0 Å². The zero-order valence-electron chi connectivity index (χ0n) is 13.9. The molecule has 10 nitrogen and oxygen atoms in total. The topological polar surface area (TPSA) is 153 Å². The number of aromatic hydroxyl groups is 1. The number of nitrogens with zero attached hydrogens (tertiary/aromatic N) is 2. The number of carbonyl (C=O) groups is 2. The minimum atomic E-state index is -0.411. The zero-order valence-corrected chi connectivity index (χ0v) is 13.9. The Morgan fingerprint density at radius 3 is 2.92 bits per heavy atom. The number of aromatic nitrogens is 2. The van der Waals surface area contributed by atoms with E-state index in [0.29, 0.717) is 24.5 Å². The van der Waals surface area contributed by atoms with Crippen LogP contribution in [0.5, 0.6) is 5.75 Å². The maximum Gasteiger partial charge on any atom is 0.277 e. The first-order valence-electron chi connectivity index (χ1n) is 7.85. The largest absolute Gasteiger partial charge is 0.507 e. The van der Waals surface area contributed by atoms with Crippen LogP contribution in [0.1, 0.15) is 17.3 Å². The highest BCUT2D eigenvalue weighted by Gasteiger charge is 2.24. The number of anilines is 4. The smallest absolute Gasteiger partial charge is 0.277 e. The van der Waals surface area contributed by atoms with Crippen molar-refractivity contribution in [3.8, 4) is 5.75 Å². The molecule has 2 aromatic rings. The number of nitrogens with one attached hydrogen (secondary N) is 3. The van der Waals surface area contributed by atoms with Crippen molar-refractivity contribution in [3.05, 3.63) is 34.1 Å². The van der Waals surface area contributed by atoms with Gasteiger partial charge in [0.2, 0.25) is 12.4 Å². The van der Waals surface area contributed by atoms with E-state index in [-0.39, 0.29) is 41.3 Å². The fourth-order valence-electron chi connectivity index (χ4n) is 2.78. The molecule has 0 saturated carbocycles. The Kier molecular flexibility index (Phi) is 4.48. The molecule has 1 amide bonds. The average molecular weight is 358 g/mol.